The van der Waals surface area contributed by atoms with Crippen LogP contribution in [0.4, 0.5) is 0 Å². The van der Waals surface area contributed by atoms with Gasteiger partial charge in [0.1, 0.15) is 0 Å². The van der Waals surface area contributed by atoms with E-state index in [1.54, 1.807) is 0 Å². The molecule has 0 bridgehead atoms. The van der Waals surface area contributed by atoms with Crippen molar-refractivity contribution in [3.8, 4) is 22.3 Å². The molecule has 0 amide bonds. The van der Waals surface area contributed by atoms with Gasteiger partial charge in [-0.25, -0.2) is 0 Å². The fourth-order valence-electron chi connectivity index (χ4n) is 3.29. The molecule has 0 heterocycles. The minimum atomic E-state index is 0.551. The lowest BCUT2D eigenvalue weighted by molar-refractivity contribution is 0.127. The van der Waals surface area contributed by atoms with Crippen LogP contribution in [0.25, 0.3) is 22.3 Å². The van der Waals surface area contributed by atoms with Gasteiger partial charge in [0.15, 0.2) is 0 Å². The molecule has 0 unspecified atom stereocenters. The molecule has 2 N–H and O–H groups in total. The van der Waals surface area contributed by atoms with Crippen molar-refractivity contribution in [3.05, 3.63) is 83.9 Å². The quantitative estimate of drug-likeness (QED) is 0.614. The summed E-state index contributed by atoms with van der Waals surface area (Å²) in [6.07, 6.45) is 0.965. The van der Waals surface area contributed by atoms with Crippen LogP contribution in [0, 0.1) is 0 Å². The molecule has 0 saturated heterocycles. The SMILES string of the molecule is CCc1c(COCCN)ccc(-c2ccccc2)c1-c1ccccc1. The third-order valence-electron chi connectivity index (χ3n) is 4.43. The van der Waals surface area contributed by atoms with Crippen molar-refractivity contribution in [2.24, 2.45) is 5.73 Å². The molecule has 0 radical (unpaired) electrons. The molecule has 2 heteroatoms. The van der Waals surface area contributed by atoms with Crippen molar-refractivity contribution in [1.82, 2.24) is 0 Å². The minimum Gasteiger partial charge on any atom is -0.375 e. The van der Waals surface area contributed by atoms with Crippen LogP contribution in [-0.2, 0) is 17.8 Å². The number of rotatable bonds is 7. The maximum Gasteiger partial charge on any atom is 0.0720 e. The summed E-state index contributed by atoms with van der Waals surface area (Å²) >= 11 is 0. The molecule has 128 valence electrons. The van der Waals surface area contributed by atoms with Gasteiger partial charge in [0.2, 0.25) is 0 Å². The van der Waals surface area contributed by atoms with Gasteiger partial charge in [-0.3, -0.25) is 0 Å². The third kappa shape index (κ3) is 3.98. The van der Waals surface area contributed by atoms with Crippen molar-refractivity contribution in [2.75, 3.05) is 13.2 Å². The summed E-state index contributed by atoms with van der Waals surface area (Å²) in [6.45, 7) is 3.96. The highest BCUT2D eigenvalue weighted by molar-refractivity contribution is 5.86. The van der Waals surface area contributed by atoms with Gasteiger partial charge in [0, 0.05) is 6.54 Å². The molecule has 0 aliphatic heterocycles. The Hall–Kier alpha value is -2.42. The molecule has 25 heavy (non-hydrogen) atoms. The van der Waals surface area contributed by atoms with E-state index in [4.69, 9.17) is 10.5 Å². The number of ether oxygens (including phenoxy) is 1. The summed E-state index contributed by atoms with van der Waals surface area (Å²) in [4.78, 5) is 0. The van der Waals surface area contributed by atoms with Crippen LogP contribution in [0.5, 0.6) is 0 Å². The molecule has 0 aliphatic carbocycles. The van der Waals surface area contributed by atoms with Crippen molar-refractivity contribution >= 4 is 0 Å². The van der Waals surface area contributed by atoms with E-state index in [0.717, 1.165) is 6.42 Å². The van der Waals surface area contributed by atoms with E-state index in [9.17, 15) is 0 Å². The second kappa shape index (κ2) is 8.61. The Morgan fingerprint density at radius 3 is 2.04 bits per heavy atom. The van der Waals surface area contributed by atoms with Crippen LogP contribution in [-0.4, -0.2) is 13.2 Å². The van der Waals surface area contributed by atoms with Crippen molar-refractivity contribution < 1.29 is 4.74 Å². The normalized spacial score (nSPS) is 10.8. The topological polar surface area (TPSA) is 35.2 Å². The van der Waals surface area contributed by atoms with Crippen LogP contribution in [0.1, 0.15) is 18.1 Å². The first-order chi connectivity index (χ1) is 12.3. The molecule has 0 fully saturated rings. The highest BCUT2D eigenvalue weighted by atomic mass is 16.5. The van der Waals surface area contributed by atoms with Crippen LogP contribution in [0.3, 0.4) is 0 Å². The van der Waals surface area contributed by atoms with E-state index >= 15 is 0 Å². The van der Waals surface area contributed by atoms with Crippen molar-refractivity contribution in [2.45, 2.75) is 20.0 Å². The van der Waals surface area contributed by atoms with Gasteiger partial charge in [-0.05, 0) is 39.8 Å². The number of hydrogen-bond acceptors (Lipinski definition) is 2. The zero-order valence-electron chi connectivity index (χ0n) is 14.7. The summed E-state index contributed by atoms with van der Waals surface area (Å²) in [5.74, 6) is 0. The summed E-state index contributed by atoms with van der Waals surface area (Å²) < 4.78 is 5.72. The van der Waals surface area contributed by atoms with E-state index < -0.39 is 0 Å². The van der Waals surface area contributed by atoms with Gasteiger partial charge >= 0.3 is 0 Å². The smallest absolute Gasteiger partial charge is 0.0720 e. The van der Waals surface area contributed by atoms with Crippen molar-refractivity contribution in [3.63, 3.8) is 0 Å². The Balaban J connectivity index is 2.16. The lowest BCUT2D eigenvalue weighted by Gasteiger charge is -2.19. The molecule has 3 aromatic carbocycles. The van der Waals surface area contributed by atoms with Crippen LogP contribution < -0.4 is 5.73 Å². The van der Waals surface area contributed by atoms with Crippen LogP contribution >= 0.6 is 0 Å². The van der Waals surface area contributed by atoms with E-state index in [1.807, 2.05) is 0 Å². The van der Waals surface area contributed by atoms with Gasteiger partial charge in [0.25, 0.3) is 0 Å². The summed E-state index contributed by atoms with van der Waals surface area (Å²) in [7, 11) is 0. The van der Waals surface area contributed by atoms with Gasteiger partial charge < -0.3 is 10.5 Å². The first-order valence-electron chi connectivity index (χ1n) is 8.88. The monoisotopic (exact) mass is 331 g/mol. The highest BCUT2D eigenvalue weighted by Crippen LogP contribution is 2.37. The molecule has 0 aromatic heterocycles. The van der Waals surface area contributed by atoms with Gasteiger partial charge in [-0.2, -0.15) is 0 Å². The predicted molar refractivity (Wildman–Crippen MR) is 105 cm³/mol. The fraction of sp³-hybridized carbons (Fsp3) is 0.217. The second-order valence-electron chi connectivity index (χ2n) is 6.05. The molecular weight excluding hydrogens is 306 g/mol. The molecular formula is C23H25NO. The first-order valence-corrected chi connectivity index (χ1v) is 8.88. The number of nitrogens with two attached hydrogens (primary N) is 1. The Morgan fingerprint density at radius 1 is 0.800 bits per heavy atom. The maximum absolute atomic E-state index is 5.72. The Bertz CT molecular complexity index is 797. The summed E-state index contributed by atoms with van der Waals surface area (Å²) in [6, 6.07) is 25.6. The first kappa shape index (κ1) is 17.4. The zero-order valence-corrected chi connectivity index (χ0v) is 14.7. The highest BCUT2D eigenvalue weighted by Gasteiger charge is 2.15. The van der Waals surface area contributed by atoms with Crippen molar-refractivity contribution in [1.29, 1.82) is 0 Å². The standard InChI is InChI=1S/C23H25NO/c1-2-21-20(17-25-16-15-24)13-14-22(18-9-5-3-6-10-18)23(21)19-11-7-4-8-12-19/h3-14H,2,15-17,24H2,1H3. The van der Waals surface area contributed by atoms with E-state index in [-0.39, 0.29) is 0 Å². The van der Waals surface area contributed by atoms with E-state index in [1.165, 1.54) is 33.4 Å². The molecule has 3 aromatic rings. The number of benzene rings is 3. The van der Waals surface area contributed by atoms with Crippen LogP contribution in [0.15, 0.2) is 72.8 Å². The Morgan fingerprint density at radius 2 is 1.44 bits per heavy atom. The maximum atomic E-state index is 5.72. The Labute approximate surface area is 150 Å². The fourth-order valence-corrected chi connectivity index (χ4v) is 3.29. The van der Waals surface area contributed by atoms with Gasteiger partial charge in [-0.1, -0.05) is 79.7 Å². The van der Waals surface area contributed by atoms with Gasteiger partial charge in [-0.15, -0.1) is 0 Å². The third-order valence-corrected chi connectivity index (χ3v) is 4.43. The van der Waals surface area contributed by atoms with Crippen LogP contribution in [0.2, 0.25) is 0 Å². The molecule has 2 nitrogen and oxygen atoms in total. The minimum absolute atomic E-state index is 0.551. The van der Waals surface area contributed by atoms with E-state index in [0.29, 0.717) is 19.8 Å². The second-order valence-corrected chi connectivity index (χ2v) is 6.05. The average Bonchev–Trinajstić information content (AvgIpc) is 2.69. The number of hydrogen-bond donors (Lipinski definition) is 1. The lowest BCUT2D eigenvalue weighted by Crippen LogP contribution is -2.09. The van der Waals surface area contributed by atoms with Gasteiger partial charge in [0.05, 0.1) is 13.2 Å². The summed E-state index contributed by atoms with van der Waals surface area (Å²) in [5, 5.41) is 0. The largest absolute Gasteiger partial charge is 0.375 e. The predicted octanol–water partition coefficient (Wildman–Crippen LogP) is 5.06. The molecule has 3 rings (SSSR count). The Kier molecular flexibility index (Phi) is 5.99. The zero-order chi connectivity index (χ0) is 17.5. The molecule has 0 spiro atoms. The van der Waals surface area contributed by atoms with E-state index in [2.05, 4.69) is 79.7 Å². The molecule has 0 saturated carbocycles. The molecule has 0 atom stereocenters. The lowest BCUT2D eigenvalue weighted by atomic mass is 9.87. The molecule has 0 aliphatic rings. The summed E-state index contributed by atoms with van der Waals surface area (Å²) in [5.41, 5.74) is 13.2. The average molecular weight is 331 g/mol.